The molecule has 3 nitrogen and oxygen atoms in total. The summed E-state index contributed by atoms with van der Waals surface area (Å²) in [6, 6.07) is 3.87. The number of halogens is 1. The number of aliphatic hydroxyl groups is 1. The van der Waals surface area contributed by atoms with Crippen molar-refractivity contribution < 1.29 is 14.6 Å². The van der Waals surface area contributed by atoms with E-state index in [1.54, 1.807) is 7.11 Å². The molecule has 1 aromatic rings. The predicted octanol–water partition coefficient (Wildman–Crippen LogP) is 3.14. The molecule has 1 unspecified atom stereocenters. The molecule has 110 valence electrons. The summed E-state index contributed by atoms with van der Waals surface area (Å²) in [5, 5.41) is 11.1. The van der Waals surface area contributed by atoms with Crippen LogP contribution in [0.5, 0.6) is 5.75 Å². The Hall–Kier alpha value is -0.770. The van der Waals surface area contributed by atoms with Crippen LogP contribution in [0.1, 0.15) is 36.8 Å². The standard InChI is InChI=1S/C16H21ClO3/c1-19-16(4-2-5-16)10-14(18)9-12-8-13(17)7-11-3-6-20-15(11)12/h7-8,14,18H,2-6,9-10H2,1H3. The molecule has 1 heterocycles. The van der Waals surface area contributed by atoms with Gasteiger partial charge in [0.1, 0.15) is 5.75 Å². The second-order valence-electron chi connectivity index (χ2n) is 5.95. The van der Waals surface area contributed by atoms with Gasteiger partial charge in [-0.2, -0.15) is 0 Å². The number of ether oxygens (including phenoxy) is 2. The van der Waals surface area contributed by atoms with Gasteiger partial charge in [0.2, 0.25) is 0 Å². The second kappa shape index (κ2) is 5.55. The molecule has 1 N–H and O–H groups in total. The van der Waals surface area contributed by atoms with Gasteiger partial charge in [-0.05, 0) is 42.5 Å². The lowest BCUT2D eigenvalue weighted by Gasteiger charge is -2.41. The minimum atomic E-state index is -0.415. The maximum absolute atomic E-state index is 10.4. The van der Waals surface area contributed by atoms with Crippen molar-refractivity contribution in [2.45, 2.75) is 50.2 Å². The quantitative estimate of drug-likeness (QED) is 0.907. The highest BCUT2D eigenvalue weighted by Crippen LogP contribution is 2.40. The highest BCUT2D eigenvalue weighted by Gasteiger charge is 2.38. The zero-order chi connectivity index (χ0) is 14.2. The summed E-state index contributed by atoms with van der Waals surface area (Å²) in [4.78, 5) is 0. The predicted molar refractivity (Wildman–Crippen MR) is 78.6 cm³/mol. The van der Waals surface area contributed by atoms with Crippen molar-refractivity contribution in [3.05, 3.63) is 28.3 Å². The van der Waals surface area contributed by atoms with Gasteiger partial charge in [-0.3, -0.25) is 0 Å². The van der Waals surface area contributed by atoms with E-state index in [0.717, 1.165) is 41.2 Å². The molecule has 3 rings (SSSR count). The Morgan fingerprint density at radius 3 is 2.90 bits per heavy atom. The van der Waals surface area contributed by atoms with Crippen LogP contribution in [0.15, 0.2) is 12.1 Å². The molecule has 20 heavy (non-hydrogen) atoms. The van der Waals surface area contributed by atoms with Gasteiger partial charge in [0.15, 0.2) is 0 Å². The Bertz CT molecular complexity index is 491. The van der Waals surface area contributed by atoms with Gasteiger partial charge >= 0.3 is 0 Å². The lowest BCUT2D eigenvalue weighted by atomic mass is 9.75. The molecule has 0 amide bonds. The maximum atomic E-state index is 10.4. The first-order valence-corrected chi connectivity index (χ1v) is 7.67. The van der Waals surface area contributed by atoms with E-state index in [1.165, 1.54) is 6.42 Å². The van der Waals surface area contributed by atoms with E-state index in [1.807, 2.05) is 12.1 Å². The van der Waals surface area contributed by atoms with Crippen LogP contribution in [0.2, 0.25) is 5.02 Å². The molecule has 1 atom stereocenters. The monoisotopic (exact) mass is 296 g/mol. The molecule has 1 saturated carbocycles. The summed E-state index contributed by atoms with van der Waals surface area (Å²) in [7, 11) is 1.74. The van der Waals surface area contributed by atoms with Gasteiger partial charge in [-0.1, -0.05) is 11.6 Å². The Balaban J connectivity index is 1.71. The van der Waals surface area contributed by atoms with E-state index in [4.69, 9.17) is 21.1 Å². The first-order valence-electron chi connectivity index (χ1n) is 7.29. The van der Waals surface area contributed by atoms with Crippen LogP contribution in [-0.4, -0.2) is 30.5 Å². The van der Waals surface area contributed by atoms with E-state index in [0.29, 0.717) is 19.4 Å². The number of hydrogen-bond donors (Lipinski definition) is 1. The average molecular weight is 297 g/mol. The molecule has 2 aliphatic rings. The summed E-state index contributed by atoms with van der Waals surface area (Å²) in [6.07, 6.45) is 5.04. The van der Waals surface area contributed by atoms with E-state index in [2.05, 4.69) is 0 Å². The van der Waals surface area contributed by atoms with Crippen LogP contribution in [-0.2, 0) is 17.6 Å². The highest BCUT2D eigenvalue weighted by molar-refractivity contribution is 6.30. The number of hydrogen-bond acceptors (Lipinski definition) is 3. The molecule has 1 aliphatic carbocycles. The topological polar surface area (TPSA) is 38.7 Å². The van der Waals surface area contributed by atoms with Crippen LogP contribution in [0, 0.1) is 0 Å². The Morgan fingerprint density at radius 2 is 2.25 bits per heavy atom. The smallest absolute Gasteiger partial charge is 0.126 e. The molecule has 0 bridgehead atoms. The van der Waals surface area contributed by atoms with Gasteiger partial charge in [0.05, 0.1) is 18.3 Å². The molecule has 0 aromatic heterocycles. The van der Waals surface area contributed by atoms with E-state index >= 15 is 0 Å². The Morgan fingerprint density at radius 1 is 1.45 bits per heavy atom. The highest BCUT2D eigenvalue weighted by atomic mass is 35.5. The first kappa shape index (κ1) is 14.2. The fourth-order valence-electron chi connectivity index (χ4n) is 3.32. The minimum absolute atomic E-state index is 0.109. The molecular formula is C16H21ClO3. The molecule has 0 radical (unpaired) electrons. The Kier molecular flexibility index (Phi) is 3.93. The number of rotatable bonds is 5. The van der Waals surface area contributed by atoms with Gasteiger partial charge in [-0.25, -0.2) is 0 Å². The lowest BCUT2D eigenvalue weighted by Crippen LogP contribution is -2.42. The van der Waals surface area contributed by atoms with Crippen LogP contribution >= 0.6 is 11.6 Å². The number of benzene rings is 1. The molecule has 1 fully saturated rings. The summed E-state index contributed by atoms with van der Waals surface area (Å²) < 4.78 is 11.3. The molecule has 1 aromatic carbocycles. The first-order chi connectivity index (χ1) is 9.62. The van der Waals surface area contributed by atoms with Crippen molar-refractivity contribution in [1.29, 1.82) is 0 Å². The van der Waals surface area contributed by atoms with Crippen molar-refractivity contribution in [1.82, 2.24) is 0 Å². The summed E-state index contributed by atoms with van der Waals surface area (Å²) in [6.45, 7) is 0.709. The fraction of sp³-hybridized carbons (Fsp3) is 0.625. The third-order valence-electron chi connectivity index (χ3n) is 4.59. The molecule has 0 spiro atoms. The average Bonchev–Trinajstić information content (AvgIpc) is 2.82. The van der Waals surface area contributed by atoms with Crippen molar-refractivity contribution >= 4 is 11.6 Å². The van der Waals surface area contributed by atoms with Gasteiger partial charge < -0.3 is 14.6 Å². The van der Waals surface area contributed by atoms with E-state index in [-0.39, 0.29) is 5.60 Å². The van der Waals surface area contributed by atoms with Crippen molar-refractivity contribution in [3.8, 4) is 5.75 Å². The van der Waals surface area contributed by atoms with Gasteiger partial charge in [0.25, 0.3) is 0 Å². The fourth-order valence-corrected chi connectivity index (χ4v) is 3.58. The van der Waals surface area contributed by atoms with Crippen LogP contribution < -0.4 is 4.74 Å². The van der Waals surface area contributed by atoms with Crippen molar-refractivity contribution in [2.24, 2.45) is 0 Å². The number of aliphatic hydroxyl groups excluding tert-OH is 1. The van der Waals surface area contributed by atoms with Crippen LogP contribution in [0.3, 0.4) is 0 Å². The zero-order valence-electron chi connectivity index (χ0n) is 11.8. The van der Waals surface area contributed by atoms with E-state index < -0.39 is 6.10 Å². The SMILES string of the molecule is COC1(CC(O)Cc2cc(Cl)cc3c2OCC3)CCC1. The van der Waals surface area contributed by atoms with E-state index in [9.17, 15) is 5.11 Å². The third-order valence-corrected chi connectivity index (χ3v) is 4.80. The summed E-state index contributed by atoms with van der Waals surface area (Å²) in [5.41, 5.74) is 2.06. The van der Waals surface area contributed by atoms with Crippen LogP contribution in [0.25, 0.3) is 0 Å². The number of methoxy groups -OCH3 is 1. The largest absolute Gasteiger partial charge is 0.493 e. The summed E-state index contributed by atoms with van der Waals surface area (Å²) >= 11 is 6.15. The van der Waals surface area contributed by atoms with Crippen LogP contribution in [0.4, 0.5) is 0 Å². The molecule has 4 heteroatoms. The van der Waals surface area contributed by atoms with Crippen molar-refractivity contribution in [3.63, 3.8) is 0 Å². The second-order valence-corrected chi connectivity index (χ2v) is 6.39. The van der Waals surface area contributed by atoms with Gasteiger partial charge in [-0.15, -0.1) is 0 Å². The summed E-state index contributed by atoms with van der Waals surface area (Å²) in [5.74, 6) is 0.925. The number of fused-ring (bicyclic) bond motifs is 1. The molecular weight excluding hydrogens is 276 g/mol. The third kappa shape index (κ3) is 2.67. The molecule has 0 saturated heterocycles. The lowest BCUT2D eigenvalue weighted by molar-refractivity contribution is -0.0989. The Labute approximate surface area is 124 Å². The normalized spacial score (nSPS) is 20.9. The molecule has 1 aliphatic heterocycles. The van der Waals surface area contributed by atoms with Crippen molar-refractivity contribution in [2.75, 3.05) is 13.7 Å². The van der Waals surface area contributed by atoms with Gasteiger partial charge in [0, 0.05) is 31.4 Å². The maximum Gasteiger partial charge on any atom is 0.126 e. The minimum Gasteiger partial charge on any atom is -0.493 e. The zero-order valence-corrected chi connectivity index (χ0v) is 12.6.